The van der Waals surface area contributed by atoms with Gasteiger partial charge in [-0.2, -0.15) is 0 Å². The number of nitrogens with two attached hydrogens (primary N) is 1. The normalized spacial score (nSPS) is 10.3. The second kappa shape index (κ2) is 5.21. The van der Waals surface area contributed by atoms with Gasteiger partial charge in [-0.15, -0.1) is 0 Å². The summed E-state index contributed by atoms with van der Waals surface area (Å²) >= 11 is 0. The van der Waals surface area contributed by atoms with Crippen molar-refractivity contribution in [2.45, 2.75) is 13.8 Å². The van der Waals surface area contributed by atoms with E-state index in [1.807, 2.05) is 32.0 Å². The molecule has 0 fully saturated rings. The molecule has 0 heterocycles. The highest BCUT2D eigenvalue weighted by molar-refractivity contribution is 5.80. The summed E-state index contributed by atoms with van der Waals surface area (Å²) in [7, 11) is 1.80. The smallest absolute Gasteiger partial charge is 0.315 e. The van der Waals surface area contributed by atoms with Gasteiger partial charge in [-0.1, -0.05) is 23.8 Å². The van der Waals surface area contributed by atoms with Gasteiger partial charge in [0.05, 0.1) is 4.92 Å². The van der Waals surface area contributed by atoms with Crippen LogP contribution in [0.5, 0.6) is 0 Å². The molecule has 0 aromatic heterocycles. The lowest BCUT2D eigenvalue weighted by molar-refractivity contribution is -0.383. The van der Waals surface area contributed by atoms with Crippen LogP contribution < -0.4 is 10.6 Å². The fourth-order valence-electron chi connectivity index (χ4n) is 2.33. The molecule has 0 aliphatic rings. The average Bonchev–Trinajstić information content (AvgIpc) is 2.37. The van der Waals surface area contributed by atoms with Gasteiger partial charge in [-0.05, 0) is 37.6 Å². The number of hydrogen-bond donors (Lipinski definition) is 1. The monoisotopic (exact) mass is 271 g/mol. The third-order valence-electron chi connectivity index (χ3n) is 3.30. The summed E-state index contributed by atoms with van der Waals surface area (Å²) < 4.78 is 0. The van der Waals surface area contributed by atoms with E-state index in [4.69, 9.17) is 5.73 Å². The van der Waals surface area contributed by atoms with Crippen molar-refractivity contribution in [3.05, 3.63) is 57.6 Å². The summed E-state index contributed by atoms with van der Waals surface area (Å²) in [5.74, 6) is 0. The van der Waals surface area contributed by atoms with E-state index in [9.17, 15) is 10.1 Å². The maximum Gasteiger partial charge on any atom is 0.315 e. The number of aryl methyl sites for hydroxylation is 2. The van der Waals surface area contributed by atoms with E-state index in [0.29, 0.717) is 5.69 Å². The van der Waals surface area contributed by atoms with Crippen molar-refractivity contribution in [3.8, 4) is 0 Å². The first kappa shape index (κ1) is 13.9. The molecule has 0 saturated carbocycles. The van der Waals surface area contributed by atoms with Gasteiger partial charge in [0, 0.05) is 12.7 Å². The lowest BCUT2D eigenvalue weighted by Crippen LogP contribution is -2.13. The van der Waals surface area contributed by atoms with Crippen molar-refractivity contribution in [2.75, 3.05) is 17.7 Å². The van der Waals surface area contributed by atoms with Gasteiger partial charge < -0.3 is 10.6 Å². The Morgan fingerprint density at radius 3 is 2.45 bits per heavy atom. The molecule has 5 heteroatoms. The molecule has 104 valence electrons. The number of benzene rings is 2. The molecular formula is C15H17N3O2. The highest BCUT2D eigenvalue weighted by Crippen LogP contribution is 2.37. The Kier molecular flexibility index (Phi) is 3.61. The molecule has 2 aromatic rings. The van der Waals surface area contributed by atoms with E-state index >= 15 is 0 Å². The Labute approximate surface area is 117 Å². The molecule has 2 rings (SSSR count). The second-order valence-corrected chi connectivity index (χ2v) is 4.82. The maximum atomic E-state index is 11.2. The van der Waals surface area contributed by atoms with Crippen LogP contribution in [-0.2, 0) is 0 Å². The van der Waals surface area contributed by atoms with Crippen LogP contribution in [0.4, 0.5) is 22.7 Å². The van der Waals surface area contributed by atoms with E-state index in [1.54, 1.807) is 24.1 Å². The Hall–Kier alpha value is -2.56. The molecule has 0 bridgehead atoms. The molecule has 2 aromatic carbocycles. The van der Waals surface area contributed by atoms with Crippen molar-refractivity contribution >= 4 is 22.7 Å². The summed E-state index contributed by atoms with van der Waals surface area (Å²) in [4.78, 5) is 12.6. The number of para-hydroxylation sites is 1. The van der Waals surface area contributed by atoms with Gasteiger partial charge in [-0.25, -0.2) is 0 Å². The van der Waals surface area contributed by atoms with Crippen molar-refractivity contribution in [1.82, 2.24) is 0 Å². The van der Waals surface area contributed by atoms with Gasteiger partial charge >= 0.3 is 5.69 Å². The summed E-state index contributed by atoms with van der Waals surface area (Å²) in [6, 6.07) is 10.9. The number of nitrogen functional groups attached to an aromatic ring is 1. The highest BCUT2D eigenvalue weighted by atomic mass is 16.6. The quantitative estimate of drug-likeness (QED) is 0.526. The van der Waals surface area contributed by atoms with Crippen LogP contribution in [0.15, 0.2) is 36.4 Å². The first-order valence-electron chi connectivity index (χ1n) is 6.25. The fourth-order valence-corrected chi connectivity index (χ4v) is 2.33. The topological polar surface area (TPSA) is 72.4 Å². The van der Waals surface area contributed by atoms with E-state index in [2.05, 4.69) is 0 Å². The fraction of sp³-hybridized carbons (Fsp3) is 0.200. The molecule has 0 saturated heterocycles. The number of hydrogen-bond acceptors (Lipinski definition) is 4. The SMILES string of the molecule is Cc1ccc(N(C)c2cccc(N)c2[N+](=O)[O-])c(C)c1. The van der Waals surface area contributed by atoms with Gasteiger partial charge in [0.2, 0.25) is 0 Å². The predicted octanol–water partition coefficient (Wildman–Crippen LogP) is 3.56. The van der Waals surface area contributed by atoms with Crippen LogP contribution in [0.25, 0.3) is 0 Å². The Morgan fingerprint density at radius 2 is 1.85 bits per heavy atom. The average molecular weight is 271 g/mol. The molecule has 0 aliphatic heterocycles. The Bertz CT molecular complexity index is 668. The second-order valence-electron chi connectivity index (χ2n) is 4.82. The van der Waals surface area contributed by atoms with E-state index in [-0.39, 0.29) is 11.4 Å². The molecule has 2 N–H and O–H groups in total. The zero-order valence-electron chi connectivity index (χ0n) is 11.8. The number of nitrogens with zero attached hydrogens (tertiary/aromatic N) is 2. The summed E-state index contributed by atoms with van der Waals surface area (Å²) in [6.45, 7) is 4.00. The van der Waals surface area contributed by atoms with Gasteiger partial charge in [0.15, 0.2) is 0 Å². The molecule has 0 amide bonds. The minimum Gasteiger partial charge on any atom is -0.393 e. The number of nitro benzene ring substituents is 1. The largest absolute Gasteiger partial charge is 0.393 e. The van der Waals surface area contributed by atoms with Crippen LogP contribution in [0.2, 0.25) is 0 Å². The predicted molar refractivity (Wildman–Crippen MR) is 81.5 cm³/mol. The molecule has 0 radical (unpaired) electrons. The van der Waals surface area contributed by atoms with Crippen molar-refractivity contribution < 1.29 is 4.92 Å². The summed E-state index contributed by atoms with van der Waals surface area (Å²) in [5.41, 5.74) is 9.46. The summed E-state index contributed by atoms with van der Waals surface area (Å²) in [6.07, 6.45) is 0. The molecule has 0 aliphatic carbocycles. The van der Waals surface area contributed by atoms with Crippen molar-refractivity contribution in [1.29, 1.82) is 0 Å². The van der Waals surface area contributed by atoms with Gasteiger partial charge in [0.25, 0.3) is 0 Å². The van der Waals surface area contributed by atoms with Crippen LogP contribution in [-0.4, -0.2) is 12.0 Å². The standard InChI is InChI=1S/C15H17N3O2/c1-10-7-8-13(11(2)9-10)17(3)14-6-4-5-12(16)15(14)18(19)20/h4-9H,16H2,1-3H3. The van der Waals surface area contributed by atoms with E-state index in [0.717, 1.165) is 16.8 Å². The number of nitro groups is 1. The van der Waals surface area contributed by atoms with Gasteiger partial charge in [-0.3, -0.25) is 10.1 Å². The first-order valence-corrected chi connectivity index (χ1v) is 6.25. The molecule has 20 heavy (non-hydrogen) atoms. The zero-order chi connectivity index (χ0) is 14.9. The van der Waals surface area contributed by atoms with Crippen molar-refractivity contribution in [3.63, 3.8) is 0 Å². The summed E-state index contributed by atoms with van der Waals surface area (Å²) in [5, 5.41) is 11.2. The number of rotatable bonds is 3. The Balaban J connectivity index is 2.56. The van der Waals surface area contributed by atoms with Crippen molar-refractivity contribution in [2.24, 2.45) is 0 Å². The van der Waals surface area contributed by atoms with Crippen LogP contribution >= 0.6 is 0 Å². The molecule has 0 atom stereocenters. The zero-order valence-corrected chi connectivity index (χ0v) is 11.8. The number of anilines is 3. The van der Waals surface area contributed by atoms with Gasteiger partial charge in [0.1, 0.15) is 11.4 Å². The first-order chi connectivity index (χ1) is 9.41. The molecule has 0 spiro atoms. The lowest BCUT2D eigenvalue weighted by atomic mass is 10.1. The highest BCUT2D eigenvalue weighted by Gasteiger charge is 2.21. The third-order valence-corrected chi connectivity index (χ3v) is 3.30. The van der Waals surface area contributed by atoms with Crippen LogP contribution in [0.3, 0.4) is 0 Å². The minimum atomic E-state index is -0.440. The van der Waals surface area contributed by atoms with E-state index < -0.39 is 4.92 Å². The molecular weight excluding hydrogens is 254 g/mol. The van der Waals surface area contributed by atoms with Crippen LogP contribution in [0, 0.1) is 24.0 Å². The molecule has 5 nitrogen and oxygen atoms in total. The lowest BCUT2D eigenvalue weighted by Gasteiger charge is -2.22. The maximum absolute atomic E-state index is 11.2. The minimum absolute atomic E-state index is 0.0602. The van der Waals surface area contributed by atoms with E-state index in [1.165, 1.54) is 6.07 Å². The Morgan fingerprint density at radius 1 is 1.15 bits per heavy atom. The molecule has 0 unspecified atom stereocenters. The third kappa shape index (κ3) is 2.42. The van der Waals surface area contributed by atoms with Crippen LogP contribution in [0.1, 0.15) is 11.1 Å².